The lowest BCUT2D eigenvalue weighted by Gasteiger charge is -2.33. The van der Waals surface area contributed by atoms with Crippen molar-refractivity contribution in [3.05, 3.63) is 0 Å². The van der Waals surface area contributed by atoms with Crippen LogP contribution in [-0.4, -0.2) is 38.1 Å². The van der Waals surface area contributed by atoms with E-state index in [1.54, 1.807) is 0 Å². The van der Waals surface area contributed by atoms with Gasteiger partial charge in [-0.1, -0.05) is 13.3 Å². The van der Waals surface area contributed by atoms with Gasteiger partial charge in [0.05, 0.1) is 38.1 Å². The van der Waals surface area contributed by atoms with Crippen LogP contribution >= 0.6 is 0 Å². The van der Waals surface area contributed by atoms with E-state index in [9.17, 15) is 0 Å². The van der Waals surface area contributed by atoms with E-state index in [1.165, 1.54) is 44.9 Å². The lowest BCUT2D eigenvalue weighted by Crippen LogP contribution is -2.22. The minimum atomic E-state index is 0.518. The number of rotatable bonds is 10. The van der Waals surface area contributed by atoms with E-state index in [0.717, 1.165) is 19.8 Å². The number of epoxide rings is 3. The first-order valence-corrected chi connectivity index (χ1v) is 7.64. The fraction of sp³-hybridized carbons (Fsp3) is 1.00. The molecule has 3 nitrogen and oxygen atoms in total. The Morgan fingerprint density at radius 3 is 1.33 bits per heavy atom. The molecule has 0 aromatic carbocycles. The highest BCUT2D eigenvalue weighted by Crippen LogP contribution is 2.42. The molecule has 3 fully saturated rings. The quantitative estimate of drug-likeness (QED) is 0.563. The molecule has 18 heavy (non-hydrogen) atoms. The fourth-order valence-electron chi connectivity index (χ4n) is 3.01. The smallest absolute Gasteiger partial charge is 0.0810 e. The Morgan fingerprint density at radius 1 is 0.778 bits per heavy atom. The van der Waals surface area contributed by atoms with E-state index in [4.69, 9.17) is 14.2 Å². The Labute approximate surface area is 110 Å². The summed E-state index contributed by atoms with van der Waals surface area (Å²) in [6, 6.07) is 0. The molecule has 0 bridgehead atoms. The second kappa shape index (κ2) is 5.48. The highest BCUT2D eigenvalue weighted by Gasteiger charge is 2.36. The third-order valence-corrected chi connectivity index (χ3v) is 4.95. The summed E-state index contributed by atoms with van der Waals surface area (Å²) in [6.07, 6.45) is 10.8. The molecule has 3 aliphatic rings. The predicted octanol–water partition coefficient (Wildman–Crippen LogP) is 2.92. The molecule has 0 aromatic heterocycles. The fourth-order valence-corrected chi connectivity index (χ4v) is 3.01. The van der Waals surface area contributed by atoms with Gasteiger partial charge < -0.3 is 14.2 Å². The molecule has 0 spiro atoms. The Kier molecular flexibility index (Phi) is 3.92. The van der Waals surface area contributed by atoms with Crippen molar-refractivity contribution in [3.8, 4) is 0 Å². The summed E-state index contributed by atoms with van der Waals surface area (Å²) in [5, 5.41) is 0. The molecule has 0 aliphatic carbocycles. The molecule has 3 saturated heterocycles. The summed E-state index contributed by atoms with van der Waals surface area (Å²) in [6.45, 7) is 5.35. The first-order chi connectivity index (χ1) is 8.80. The molecule has 3 rings (SSSR count). The summed E-state index contributed by atoms with van der Waals surface area (Å²) in [4.78, 5) is 0. The van der Waals surface area contributed by atoms with Gasteiger partial charge in [0.25, 0.3) is 0 Å². The third-order valence-electron chi connectivity index (χ3n) is 4.95. The summed E-state index contributed by atoms with van der Waals surface area (Å²) in [5.74, 6) is 0. The minimum absolute atomic E-state index is 0.518. The lowest BCUT2D eigenvalue weighted by molar-refractivity contribution is 0.171. The molecule has 104 valence electrons. The van der Waals surface area contributed by atoms with Gasteiger partial charge in [0, 0.05) is 0 Å². The Morgan fingerprint density at radius 2 is 1.11 bits per heavy atom. The highest BCUT2D eigenvalue weighted by atomic mass is 16.6. The van der Waals surface area contributed by atoms with Crippen LogP contribution in [0, 0.1) is 5.41 Å². The molecule has 3 unspecified atom stereocenters. The molecule has 3 atom stereocenters. The van der Waals surface area contributed by atoms with Gasteiger partial charge in [0.1, 0.15) is 0 Å². The van der Waals surface area contributed by atoms with Crippen LogP contribution < -0.4 is 0 Å². The van der Waals surface area contributed by atoms with Gasteiger partial charge in [-0.05, 0) is 43.9 Å². The van der Waals surface area contributed by atoms with Gasteiger partial charge in [-0.25, -0.2) is 0 Å². The number of hydrogen-bond acceptors (Lipinski definition) is 3. The number of ether oxygens (including phenoxy) is 3. The van der Waals surface area contributed by atoms with Gasteiger partial charge in [-0.2, -0.15) is 0 Å². The molecule has 3 aliphatic heterocycles. The maximum Gasteiger partial charge on any atom is 0.0810 e. The maximum absolute atomic E-state index is 5.37. The van der Waals surface area contributed by atoms with Crippen LogP contribution in [0.3, 0.4) is 0 Å². The largest absolute Gasteiger partial charge is 0.373 e. The highest BCUT2D eigenvalue weighted by molar-refractivity contribution is 4.86. The molecular weight excluding hydrogens is 228 g/mol. The first-order valence-electron chi connectivity index (χ1n) is 7.64. The molecule has 0 radical (unpaired) electrons. The zero-order chi connectivity index (χ0) is 12.4. The molecule has 0 saturated carbocycles. The van der Waals surface area contributed by atoms with Gasteiger partial charge in [-0.15, -0.1) is 0 Å². The summed E-state index contributed by atoms with van der Waals surface area (Å²) in [5.41, 5.74) is 0.518. The van der Waals surface area contributed by atoms with Crippen LogP contribution in [0.25, 0.3) is 0 Å². The van der Waals surface area contributed by atoms with Crippen LogP contribution in [-0.2, 0) is 14.2 Å². The summed E-state index contributed by atoms with van der Waals surface area (Å²) < 4.78 is 16.1. The standard InChI is InChI=1S/C15H26O3/c1-2-15(6-3-12-9-16-12,7-4-13-10-17-13)8-5-14-11-18-14/h12-14H,2-11H2,1H3. The minimum Gasteiger partial charge on any atom is -0.373 e. The van der Waals surface area contributed by atoms with Crippen molar-refractivity contribution in [2.24, 2.45) is 5.41 Å². The zero-order valence-electron chi connectivity index (χ0n) is 11.5. The number of hydrogen-bond donors (Lipinski definition) is 0. The van der Waals surface area contributed by atoms with E-state index < -0.39 is 0 Å². The zero-order valence-corrected chi connectivity index (χ0v) is 11.5. The average Bonchev–Trinajstić information content (AvgIpc) is 3.26. The Balaban J connectivity index is 1.49. The van der Waals surface area contributed by atoms with Gasteiger partial charge >= 0.3 is 0 Å². The van der Waals surface area contributed by atoms with Crippen LogP contribution in [0.4, 0.5) is 0 Å². The molecular formula is C15H26O3. The Hall–Kier alpha value is -0.120. The lowest BCUT2D eigenvalue weighted by atomic mass is 9.72. The van der Waals surface area contributed by atoms with Crippen molar-refractivity contribution in [1.29, 1.82) is 0 Å². The molecule has 0 amide bonds. The summed E-state index contributed by atoms with van der Waals surface area (Å²) >= 11 is 0. The SMILES string of the molecule is CCC(CCC1CO1)(CCC1CO1)CCC1CO1. The van der Waals surface area contributed by atoms with Crippen LogP contribution in [0.1, 0.15) is 51.9 Å². The van der Waals surface area contributed by atoms with E-state index in [0.29, 0.717) is 23.7 Å². The van der Waals surface area contributed by atoms with Crippen molar-refractivity contribution in [2.45, 2.75) is 70.2 Å². The topological polar surface area (TPSA) is 37.6 Å². The van der Waals surface area contributed by atoms with Crippen LogP contribution in [0.15, 0.2) is 0 Å². The third kappa shape index (κ3) is 3.94. The van der Waals surface area contributed by atoms with E-state index in [-0.39, 0.29) is 0 Å². The van der Waals surface area contributed by atoms with Crippen molar-refractivity contribution < 1.29 is 14.2 Å². The molecule has 0 N–H and O–H groups in total. The average molecular weight is 254 g/mol. The van der Waals surface area contributed by atoms with Crippen molar-refractivity contribution in [1.82, 2.24) is 0 Å². The van der Waals surface area contributed by atoms with Crippen LogP contribution in [0.2, 0.25) is 0 Å². The summed E-state index contributed by atoms with van der Waals surface area (Å²) in [7, 11) is 0. The van der Waals surface area contributed by atoms with E-state index in [1.807, 2.05) is 0 Å². The van der Waals surface area contributed by atoms with Gasteiger partial charge in [0.2, 0.25) is 0 Å². The maximum atomic E-state index is 5.37. The van der Waals surface area contributed by atoms with E-state index in [2.05, 4.69) is 6.92 Å². The Bertz CT molecular complexity index is 226. The molecule has 3 heterocycles. The van der Waals surface area contributed by atoms with Gasteiger partial charge in [0.15, 0.2) is 0 Å². The molecule has 0 aromatic rings. The predicted molar refractivity (Wildman–Crippen MR) is 69.6 cm³/mol. The van der Waals surface area contributed by atoms with Crippen molar-refractivity contribution in [3.63, 3.8) is 0 Å². The van der Waals surface area contributed by atoms with Crippen LogP contribution in [0.5, 0.6) is 0 Å². The normalized spacial score (nSPS) is 36.2. The van der Waals surface area contributed by atoms with E-state index >= 15 is 0 Å². The van der Waals surface area contributed by atoms with Gasteiger partial charge in [-0.3, -0.25) is 0 Å². The van der Waals surface area contributed by atoms with Crippen molar-refractivity contribution >= 4 is 0 Å². The second-order valence-electron chi connectivity index (χ2n) is 6.34. The second-order valence-corrected chi connectivity index (χ2v) is 6.34. The first kappa shape index (κ1) is 12.9. The van der Waals surface area contributed by atoms with Crippen molar-refractivity contribution in [2.75, 3.05) is 19.8 Å². The molecule has 3 heteroatoms. The monoisotopic (exact) mass is 254 g/mol.